The van der Waals surface area contributed by atoms with Gasteiger partial charge in [0, 0.05) is 0 Å². The van der Waals surface area contributed by atoms with Gasteiger partial charge in [-0.15, -0.1) is 0 Å². The van der Waals surface area contributed by atoms with Crippen molar-refractivity contribution in [3.05, 3.63) is 35.4 Å². The molecule has 0 aliphatic heterocycles. The van der Waals surface area contributed by atoms with Crippen molar-refractivity contribution in [3.8, 4) is 0 Å². The lowest BCUT2D eigenvalue weighted by molar-refractivity contribution is 0.0618. The number of aliphatic hydroxyl groups excluding tert-OH is 1. The first-order chi connectivity index (χ1) is 8.18. The smallest absolute Gasteiger partial charge is 0.0760 e. The fourth-order valence-electron chi connectivity index (χ4n) is 2.84. The van der Waals surface area contributed by atoms with Crippen LogP contribution >= 0.6 is 0 Å². The molecular weight excluding hydrogens is 210 g/mol. The van der Waals surface area contributed by atoms with Crippen molar-refractivity contribution in [3.63, 3.8) is 0 Å². The highest BCUT2D eigenvalue weighted by molar-refractivity contribution is 5.25. The van der Waals surface area contributed by atoms with Gasteiger partial charge in [0.2, 0.25) is 0 Å². The van der Waals surface area contributed by atoms with Gasteiger partial charge in [0.1, 0.15) is 0 Å². The topological polar surface area (TPSA) is 46.2 Å². The van der Waals surface area contributed by atoms with Crippen LogP contribution in [-0.4, -0.2) is 11.2 Å². The Morgan fingerprint density at radius 3 is 2.59 bits per heavy atom. The van der Waals surface area contributed by atoms with Crippen molar-refractivity contribution >= 4 is 0 Å². The molecule has 1 aliphatic carbocycles. The summed E-state index contributed by atoms with van der Waals surface area (Å²) in [5.74, 6) is 0.388. The standard InChI is InChI=1S/C15H23NO/c1-11-6-5-9-13(10-11)14(16)15(17)12-7-3-2-4-8-12/h5-6,9-10,12,14-15,17H,2-4,7-8,16H2,1H3/t14-,15+/m1/s1. The summed E-state index contributed by atoms with van der Waals surface area (Å²) in [4.78, 5) is 0. The summed E-state index contributed by atoms with van der Waals surface area (Å²) in [6.45, 7) is 2.06. The Hall–Kier alpha value is -0.860. The molecule has 94 valence electrons. The molecule has 1 fully saturated rings. The molecule has 0 aromatic heterocycles. The summed E-state index contributed by atoms with van der Waals surface area (Å²) in [5, 5.41) is 10.4. The quantitative estimate of drug-likeness (QED) is 0.843. The van der Waals surface area contributed by atoms with Gasteiger partial charge >= 0.3 is 0 Å². The van der Waals surface area contributed by atoms with E-state index in [1.165, 1.54) is 24.8 Å². The van der Waals surface area contributed by atoms with Crippen molar-refractivity contribution in [2.45, 2.75) is 51.2 Å². The molecule has 2 rings (SSSR count). The van der Waals surface area contributed by atoms with E-state index < -0.39 is 6.10 Å². The van der Waals surface area contributed by atoms with Crippen LogP contribution in [0, 0.1) is 12.8 Å². The summed E-state index contributed by atoms with van der Waals surface area (Å²) in [5.41, 5.74) is 8.45. The maximum Gasteiger partial charge on any atom is 0.0760 e. The second-order valence-corrected chi connectivity index (χ2v) is 5.33. The molecule has 0 saturated heterocycles. The van der Waals surface area contributed by atoms with Crippen LogP contribution in [-0.2, 0) is 0 Å². The molecule has 0 heterocycles. The molecule has 3 N–H and O–H groups in total. The van der Waals surface area contributed by atoms with Crippen LogP contribution in [0.5, 0.6) is 0 Å². The molecule has 17 heavy (non-hydrogen) atoms. The Kier molecular flexibility index (Phi) is 4.19. The van der Waals surface area contributed by atoms with Crippen LogP contribution in [0.2, 0.25) is 0 Å². The highest BCUT2D eigenvalue weighted by atomic mass is 16.3. The zero-order valence-electron chi connectivity index (χ0n) is 10.6. The van der Waals surface area contributed by atoms with Gasteiger partial charge in [-0.05, 0) is 31.2 Å². The van der Waals surface area contributed by atoms with Crippen LogP contribution < -0.4 is 5.73 Å². The van der Waals surface area contributed by atoms with Crippen molar-refractivity contribution < 1.29 is 5.11 Å². The Balaban J connectivity index is 2.05. The van der Waals surface area contributed by atoms with E-state index in [2.05, 4.69) is 19.1 Å². The number of aliphatic hydroxyl groups is 1. The van der Waals surface area contributed by atoms with Crippen LogP contribution in [0.25, 0.3) is 0 Å². The normalized spacial score (nSPS) is 21.1. The largest absolute Gasteiger partial charge is 0.391 e. The maximum atomic E-state index is 10.4. The van der Waals surface area contributed by atoms with E-state index in [0.717, 1.165) is 18.4 Å². The second-order valence-electron chi connectivity index (χ2n) is 5.33. The summed E-state index contributed by atoms with van der Waals surface area (Å²) in [6.07, 6.45) is 5.64. The SMILES string of the molecule is Cc1cccc([C@@H](N)[C@@H](O)C2CCCCC2)c1. The number of hydrogen-bond acceptors (Lipinski definition) is 2. The van der Waals surface area contributed by atoms with Gasteiger partial charge in [-0.3, -0.25) is 0 Å². The maximum absolute atomic E-state index is 10.4. The lowest BCUT2D eigenvalue weighted by Crippen LogP contribution is -2.34. The molecule has 0 unspecified atom stereocenters. The first-order valence-corrected chi connectivity index (χ1v) is 6.68. The molecule has 0 radical (unpaired) electrons. The first-order valence-electron chi connectivity index (χ1n) is 6.68. The van der Waals surface area contributed by atoms with Crippen molar-refractivity contribution in [2.75, 3.05) is 0 Å². The van der Waals surface area contributed by atoms with E-state index in [9.17, 15) is 5.11 Å². The number of nitrogens with two attached hydrogens (primary N) is 1. The molecule has 1 saturated carbocycles. The van der Waals surface area contributed by atoms with Crippen LogP contribution in [0.15, 0.2) is 24.3 Å². The van der Waals surface area contributed by atoms with Crippen molar-refractivity contribution in [1.82, 2.24) is 0 Å². The monoisotopic (exact) mass is 233 g/mol. The minimum Gasteiger partial charge on any atom is -0.391 e. The molecule has 1 aliphatic rings. The highest BCUT2D eigenvalue weighted by Gasteiger charge is 2.27. The van der Waals surface area contributed by atoms with E-state index in [1.807, 2.05) is 12.1 Å². The molecule has 0 bridgehead atoms. The minimum absolute atomic E-state index is 0.238. The Morgan fingerprint density at radius 1 is 1.24 bits per heavy atom. The van der Waals surface area contributed by atoms with E-state index in [-0.39, 0.29) is 6.04 Å². The molecule has 1 aromatic rings. The lowest BCUT2D eigenvalue weighted by atomic mass is 9.81. The number of rotatable bonds is 3. The molecule has 2 heteroatoms. The molecule has 0 spiro atoms. The summed E-state index contributed by atoms with van der Waals surface area (Å²) >= 11 is 0. The predicted molar refractivity (Wildman–Crippen MR) is 70.7 cm³/mol. The third-order valence-electron chi connectivity index (χ3n) is 3.93. The summed E-state index contributed by atoms with van der Waals surface area (Å²) in [6, 6.07) is 7.93. The average molecular weight is 233 g/mol. The Morgan fingerprint density at radius 2 is 1.94 bits per heavy atom. The van der Waals surface area contributed by atoms with Gasteiger partial charge in [-0.1, -0.05) is 49.1 Å². The number of hydrogen-bond donors (Lipinski definition) is 2. The number of benzene rings is 1. The second kappa shape index (κ2) is 5.65. The van der Waals surface area contributed by atoms with E-state index in [1.54, 1.807) is 0 Å². The Labute approximate surface area is 104 Å². The van der Waals surface area contributed by atoms with Gasteiger partial charge in [0.15, 0.2) is 0 Å². The molecular formula is C15H23NO. The summed E-state index contributed by atoms with van der Waals surface area (Å²) < 4.78 is 0. The van der Waals surface area contributed by atoms with Crippen LogP contribution in [0.3, 0.4) is 0 Å². The van der Waals surface area contributed by atoms with Crippen molar-refractivity contribution in [1.29, 1.82) is 0 Å². The summed E-state index contributed by atoms with van der Waals surface area (Å²) in [7, 11) is 0. The fourth-order valence-corrected chi connectivity index (χ4v) is 2.84. The van der Waals surface area contributed by atoms with Gasteiger partial charge in [-0.25, -0.2) is 0 Å². The van der Waals surface area contributed by atoms with Crippen LogP contribution in [0.1, 0.15) is 49.3 Å². The zero-order valence-corrected chi connectivity index (χ0v) is 10.6. The molecule has 0 amide bonds. The highest BCUT2D eigenvalue weighted by Crippen LogP contribution is 2.31. The molecule has 2 nitrogen and oxygen atoms in total. The average Bonchev–Trinajstić information content (AvgIpc) is 2.38. The molecule has 1 aromatic carbocycles. The zero-order chi connectivity index (χ0) is 12.3. The van der Waals surface area contributed by atoms with Gasteiger partial charge in [-0.2, -0.15) is 0 Å². The van der Waals surface area contributed by atoms with Crippen LogP contribution in [0.4, 0.5) is 0 Å². The predicted octanol–water partition coefficient (Wildman–Crippen LogP) is 2.94. The van der Waals surface area contributed by atoms with E-state index >= 15 is 0 Å². The fraction of sp³-hybridized carbons (Fsp3) is 0.600. The lowest BCUT2D eigenvalue weighted by Gasteiger charge is -2.30. The number of aryl methyl sites for hydroxylation is 1. The minimum atomic E-state index is -0.392. The van der Waals surface area contributed by atoms with E-state index in [0.29, 0.717) is 5.92 Å². The van der Waals surface area contributed by atoms with Crippen molar-refractivity contribution in [2.24, 2.45) is 11.7 Å². The van der Waals surface area contributed by atoms with E-state index in [4.69, 9.17) is 5.73 Å². The first kappa shape index (κ1) is 12.6. The molecule has 2 atom stereocenters. The van der Waals surface area contributed by atoms with Gasteiger partial charge in [0.05, 0.1) is 12.1 Å². The van der Waals surface area contributed by atoms with Gasteiger partial charge < -0.3 is 10.8 Å². The van der Waals surface area contributed by atoms with Gasteiger partial charge in [0.25, 0.3) is 0 Å². The third kappa shape index (κ3) is 3.08. The third-order valence-corrected chi connectivity index (χ3v) is 3.93. The Bertz CT molecular complexity index is 358.